The molecule has 0 spiro atoms. The largest absolute Gasteiger partial charge is 0.298 e. The summed E-state index contributed by atoms with van der Waals surface area (Å²) >= 11 is 1.28. The molecule has 0 N–H and O–H groups in total. The van der Waals surface area contributed by atoms with Crippen LogP contribution in [0.15, 0.2) is 60.3 Å². The van der Waals surface area contributed by atoms with Gasteiger partial charge in [-0.15, -0.1) is 16.8 Å². The molecule has 3 nitrogen and oxygen atoms in total. The molecule has 7 heteroatoms. The highest BCUT2D eigenvalue weighted by molar-refractivity contribution is 7.98. The van der Waals surface area contributed by atoms with Crippen LogP contribution in [0, 0.1) is 17.5 Å². The maximum Gasteiger partial charge on any atom is 0.192 e. The average Bonchev–Trinajstić information content (AvgIpc) is 2.98. The van der Waals surface area contributed by atoms with Crippen LogP contribution in [0.25, 0.3) is 11.4 Å². The number of allylic oxidation sites excluding steroid dienone is 1. The first-order valence-electron chi connectivity index (χ1n) is 7.45. The molecule has 0 bridgehead atoms. The number of nitrogens with zero attached hydrogens (tertiary/aromatic N) is 3. The molecule has 1 aromatic heterocycles. The number of thioether (sulfide) groups is 1. The third-order valence-corrected chi connectivity index (χ3v) is 4.52. The lowest BCUT2D eigenvalue weighted by atomic mass is 10.2. The predicted molar refractivity (Wildman–Crippen MR) is 91.5 cm³/mol. The molecule has 0 atom stereocenters. The molecule has 0 amide bonds. The van der Waals surface area contributed by atoms with Gasteiger partial charge in [0.15, 0.2) is 11.0 Å². The van der Waals surface area contributed by atoms with Gasteiger partial charge in [-0.3, -0.25) is 4.57 Å². The van der Waals surface area contributed by atoms with Crippen molar-refractivity contribution in [3.63, 3.8) is 0 Å². The zero-order chi connectivity index (χ0) is 17.8. The molecule has 0 unspecified atom stereocenters. The van der Waals surface area contributed by atoms with Crippen molar-refractivity contribution in [1.29, 1.82) is 0 Å². The molecule has 0 saturated heterocycles. The minimum atomic E-state index is -0.611. The van der Waals surface area contributed by atoms with E-state index in [2.05, 4.69) is 16.8 Å². The van der Waals surface area contributed by atoms with E-state index >= 15 is 0 Å². The lowest BCUT2D eigenvalue weighted by molar-refractivity contribution is 0.576. The third kappa shape index (κ3) is 3.93. The number of hydrogen-bond acceptors (Lipinski definition) is 3. The molecule has 0 aliphatic rings. The van der Waals surface area contributed by atoms with Gasteiger partial charge >= 0.3 is 0 Å². The zero-order valence-electron chi connectivity index (χ0n) is 13.1. The summed E-state index contributed by atoms with van der Waals surface area (Å²) in [6.07, 6.45) is 1.69. The van der Waals surface area contributed by atoms with E-state index in [0.717, 1.165) is 11.6 Å². The lowest BCUT2D eigenvalue weighted by Crippen LogP contribution is -2.01. The van der Waals surface area contributed by atoms with Crippen LogP contribution >= 0.6 is 11.8 Å². The van der Waals surface area contributed by atoms with Gasteiger partial charge in [-0.05, 0) is 35.9 Å². The molecule has 25 heavy (non-hydrogen) atoms. The van der Waals surface area contributed by atoms with Crippen molar-refractivity contribution in [3.8, 4) is 11.4 Å². The van der Waals surface area contributed by atoms with Crippen LogP contribution in [0.1, 0.15) is 5.56 Å². The molecule has 0 radical (unpaired) electrons. The molecule has 0 aliphatic carbocycles. The highest BCUT2D eigenvalue weighted by Gasteiger charge is 2.14. The fraction of sp³-hybridized carbons (Fsp3) is 0.111. The van der Waals surface area contributed by atoms with Crippen molar-refractivity contribution in [2.45, 2.75) is 17.5 Å². The predicted octanol–water partition coefficient (Wildman–Crippen LogP) is 4.84. The summed E-state index contributed by atoms with van der Waals surface area (Å²) < 4.78 is 41.7. The number of benzene rings is 2. The number of rotatable bonds is 6. The molecule has 2 aromatic carbocycles. The van der Waals surface area contributed by atoms with E-state index in [9.17, 15) is 13.2 Å². The second kappa shape index (κ2) is 7.57. The Hall–Kier alpha value is -2.54. The summed E-state index contributed by atoms with van der Waals surface area (Å²) in [6, 6.07) is 9.42. The van der Waals surface area contributed by atoms with E-state index in [1.807, 2.05) is 4.57 Å². The first-order valence-corrected chi connectivity index (χ1v) is 8.44. The molecule has 0 fully saturated rings. The van der Waals surface area contributed by atoms with Crippen LogP contribution in [0.4, 0.5) is 13.2 Å². The Labute approximate surface area is 147 Å². The van der Waals surface area contributed by atoms with Gasteiger partial charge in [0.25, 0.3) is 0 Å². The zero-order valence-corrected chi connectivity index (χ0v) is 13.9. The van der Waals surface area contributed by atoms with Gasteiger partial charge in [0.05, 0.1) is 0 Å². The monoisotopic (exact) mass is 361 g/mol. The fourth-order valence-electron chi connectivity index (χ4n) is 2.28. The molecular formula is C18H14F3N3S. The first-order chi connectivity index (χ1) is 12.1. The fourth-order valence-corrected chi connectivity index (χ4v) is 3.22. The smallest absolute Gasteiger partial charge is 0.192 e. The maximum atomic E-state index is 13.8. The SMILES string of the molecule is C=CCn1c(SCc2ccc(F)cc2F)nnc1-c1ccc(F)cc1. The van der Waals surface area contributed by atoms with Crippen LogP contribution in [0.2, 0.25) is 0 Å². The van der Waals surface area contributed by atoms with Crippen LogP contribution < -0.4 is 0 Å². The van der Waals surface area contributed by atoms with E-state index < -0.39 is 11.6 Å². The van der Waals surface area contributed by atoms with E-state index in [-0.39, 0.29) is 11.6 Å². The average molecular weight is 361 g/mol. The summed E-state index contributed by atoms with van der Waals surface area (Å²) in [4.78, 5) is 0. The van der Waals surface area contributed by atoms with E-state index in [0.29, 0.717) is 23.1 Å². The second-order valence-corrected chi connectivity index (χ2v) is 6.18. The topological polar surface area (TPSA) is 30.7 Å². The number of aromatic nitrogens is 3. The van der Waals surface area contributed by atoms with Gasteiger partial charge in [-0.25, -0.2) is 13.2 Å². The lowest BCUT2D eigenvalue weighted by Gasteiger charge is -2.08. The van der Waals surface area contributed by atoms with Crippen LogP contribution in [-0.4, -0.2) is 14.8 Å². The molecule has 1 heterocycles. The third-order valence-electron chi connectivity index (χ3n) is 3.50. The van der Waals surface area contributed by atoms with Crippen molar-refractivity contribution < 1.29 is 13.2 Å². The number of hydrogen-bond donors (Lipinski definition) is 0. The van der Waals surface area contributed by atoms with Gasteiger partial charge in [-0.2, -0.15) is 0 Å². The maximum absolute atomic E-state index is 13.8. The summed E-state index contributed by atoms with van der Waals surface area (Å²) in [5, 5.41) is 8.86. The normalized spacial score (nSPS) is 10.8. The Bertz CT molecular complexity index is 891. The minimum Gasteiger partial charge on any atom is -0.298 e. The van der Waals surface area contributed by atoms with Crippen molar-refractivity contribution in [2.24, 2.45) is 0 Å². The Morgan fingerprint density at radius 3 is 2.40 bits per heavy atom. The Morgan fingerprint density at radius 2 is 1.72 bits per heavy atom. The van der Waals surface area contributed by atoms with Gasteiger partial charge < -0.3 is 0 Å². The minimum absolute atomic E-state index is 0.283. The molecule has 128 valence electrons. The van der Waals surface area contributed by atoms with Gasteiger partial charge in [0.1, 0.15) is 17.5 Å². The van der Waals surface area contributed by atoms with Crippen LogP contribution in [0.3, 0.4) is 0 Å². The standard InChI is InChI=1S/C18H14F3N3S/c1-2-9-24-17(12-3-6-14(19)7-4-12)22-23-18(24)25-11-13-5-8-15(20)10-16(13)21/h2-8,10H,1,9,11H2. The van der Waals surface area contributed by atoms with Crippen LogP contribution in [-0.2, 0) is 12.3 Å². The van der Waals surface area contributed by atoms with Gasteiger partial charge in [-0.1, -0.05) is 23.9 Å². The van der Waals surface area contributed by atoms with Crippen molar-refractivity contribution in [1.82, 2.24) is 14.8 Å². The van der Waals surface area contributed by atoms with Crippen LogP contribution in [0.5, 0.6) is 0 Å². The van der Waals surface area contributed by atoms with E-state index in [1.165, 1.54) is 36.0 Å². The highest BCUT2D eigenvalue weighted by atomic mass is 32.2. The molecule has 3 aromatic rings. The second-order valence-electron chi connectivity index (χ2n) is 5.24. The van der Waals surface area contributed by atoms with Crippen molar-refractivity contribution in [2.75, 3.05) is 0 Å². The van der Waals surface area contributed by atoms with Gasteiger partial charge in [0, 0.05) is 23.9 Å². The Kier molecular flexibility index (Phi) is 5.23. The Balaban J connectivity index is 1.86. The summed E-state index contributed by atoms with van der Waals surface area (Å²) in [6.45, 7) is 4.17. The first kappa shape index (κ1) is 17.3. The molecule has 3 rings (SSSR count). The molecular weight excluding hydrogens is 347 g/mol. The Morgan fingerprint density at radius 1 is 1.00 bits per heavy atom. The molecule has 0 aliphatic heterocycles. The van der Waals surface area contributed by atoms with Crippen molar-refractivity contribution >= 4 is 11.8 Å². The quantitative estimate of drug-likeness (QED) is 0.465. The summed E-state index contributed by atoms with van der Waals surface area (Å²) in [7, 11) is 0. The number of halogens is 3. The summed E-state index contributed by atoms with van der Waals surface area (Å²) in [5.74, 6) is -0.687. The molecule has 0 saturated carbocycles. The van der Waals surface area contributed by atoms with Gasteiger partial charge in [0.2, 0.25) is 0 Å². The summed E-state index contributed by atoms with van der Waals surface area (Å²) in [5.41, 5.74) is 1.10. The van der Waals surface area contributed by atoms with Crippen molar-refractivity contribution in [3.05, 3.63) is 78.1 Å². The van der Waals surface area contributed by atoms with E-state index in [1.54, 1.807) is 18.2 Å². The highest BCUT2D eigenvalue weighted by Crippen LogP contribution is 2.27. The van der Waals surface area contributed by atoms with E-state index in [4.69, 9.17) is 0 Å².